The van der Waals surface area contributed by atoms with Gasteiger partial charge < -0.3 is 14.2 Å². The first-order chi connectivity index (χ1) is 14.0. The molecule has 1 aliphatic carbocycles. The Bertz CT molecular complexity index is 940. The lowest BCUT2D eigenvalue weighted by Crippen LogP contribution is -2.59. The van der Waals surface area contributed by atoms with Crippen LogP contribution in [-0.4, -0.2) is 18.8 Å². The minimum Gasteiger partial charge on any atom is -0.497 e. The maximum Gasteiger partial charge on any atom is 0.217 e. The molecule has 0 aromatic heterocycles. The highest BCUT2D eigenvalue weighted by Gasteiger charge is 2.79. The van der Waals surface area contributed by atoms with Crippen molar-refractivity contribution in [2.75, 3.05) is 7.11 Å². The van der Waals surface area contributed by atoms with Crippen LogP contribution >= 0.6 is 0 Å². The van der Waals surface area contributed by atoms with Gasteiger partial charge in [-0.25, -0.2) is 0 Å². The van der Waals surface area contributed by atoms with Crippen molar-refractivity contribution in [2.24, 2.45) is 16.7 Å². The van der Waals surface area contributed by atoms with Gasteiger partial charge in [-0.1, -0.05) is 31.4 Å². The van der Waals surface area contributed by atoms with Crippen molar-refractivity contribution >= 4 is 5.90 Å². The first-order valence-corrected chi connectivity index (χ1v) is 9.87. The second-order valence-electron chi connectivity index (χ2n) is 7.97. The lowest BCUT2D eigenvalue weighted by molar-refractivity contribution is -0.289. The molecule has 0 spiro atoms. The van der Waals surface area contributed by atoms with Gasteiger partial charge in [-0.05, 0) is 30.5 Å². The summed E-state index contributed by atoms with van der Waals surface area (Å²) in [5.41, 5.74) is -2.97. The van der Waals surface area contributed by atoms with Crippen LogP contribution in [0.25, 0.3) is 0 Å². The number of hydrogen-bond acceptors (Lipinski definition) is 7. The van der Waals surface area contributed by atoms with Crippen LogP contribution in [0.15, 0.2) is 24.3 Å². The summed E-state index contributed by atoms with van der Waals surface area (Å²) >= 11 is 0. The zero-order valence-corrected chi connectivity index (χ0v) is 16.3. The minimum absolute atomic E-state index is 0.314. The molecule has 3 fully saturated rings. The molecule has 2 saturated heterocycles. The number of rotatable bonds is 2. The number of nitriles is 3. The van der Waals surface area contributed by atoms with E-state index in [4.69, 9.17) is 19.6 Å². The van der Waals surface area contributed by atoms with Crippen molar-refractivity contribution in [3.63, 3.8) is 0 Å². The molecule has 1 saturated carbocycles. The summed E-state index contributed by atoms with van der Waals surface area (Å²) < 4.78 is 17.6. The second kappa shape index (κ2) is 6.76. The topological polar surface area (TPSA) is 123 Å². The predicted octanol–water partition coefficient (Wildman–Crippen LogP) is 3.98. The SMILES string of the molecule is COc1ccc(C2OC34CCCCCCC3C(C#N)(C(=N)O4)C2(C#N)C#N)cc1. The maximum atomic E-state index is 10.3. The number of hydrogen-bond donors (Lipinski definition) is 1. The summed E-state index contributed by atoms with van der Waals surface area (Å²) in [5.74, 6) is -1.37. The average molecular weight is 390 g/mol. The van der Waals surface area contributed by atoms with E-state index in [-0.39, 0.29) is 5.90 Å². The highest BCUT2D eigenvalue weighted by atomic mass is 16.7. The summed E-state index contributed by atoms with van der Waals surface area (Å²) in [6.07, 6.45) is 3.81. The van der Waals surface area contributed by atoms with Crippen LogP contribution in [0.4, 0.5) is 0 Å². The Labute approximate surface area is 169 Å². The Kier molecular flexibility index (Phi) is 4.49. The van der Waals surface area contributed by atoms with E-state index in [0.29, 0.717) is 24.2 Å². The van der Waals surface area contributed by atoms with Gasteiger partial charge in [0.05, 0.1) is 31.2 Å². The molecule has 0 radical (unpaired) electrons. The summed E-state index contributed by atoms with van der Waals surface area (Å²) in [6, 6.07) is 13.3. The molecule has 29 heavy (non-hydrogen) atoms. The molecular formula is C22H22N4O3. The number of ether oxygens (including phenoxy) is 3. The van der Waals surface area contributed by atoms with Gasteiger partial charge in [-0.3, -0.25) is 5.41 Å². The third-order valence-electron chi connectivity index (χ3n) is 6.73. The van der Waals surface area contributed by atoms with E-state index in [1.54, 1.807) is 31.4 Å². The van der Waals surface area contributed by atoms with E-state index in [0.717, 1.165) is 25.7 Å². The van der Waals surface area contributed by atoms with E-state index < -0.39 is 28.6 Å². The van der Waals surface area contributed by atoms with Crippen LogP contribution in [0.2, 0.25) is 0 Å². The molecule has 1 N–H and O–H groups in total. The standard InChI is InChI=1S/C22H22N4O3/c1-27-16-9-7-15(8-10-16)18-20(12-23,13-24)21(14-25)17-6-4-2-3-5-11-22(17,28-18)29-19(21)26/h7-10,17-18,26H,2-6,11H2,1H3. The Balaban J connectivity index is 1.94. The van der Waals surface area contributed by atoms with Gasteiger partial charge in [0, 0.05) is 6.42 Å². The number of nitrogens with one attached hydrogen (secondary N) is 1. The molecular weight excluding hydrogens is 368 g/mol. The zero-order valence-electron chi connectivity index (χ0n) is 16.3. The normalized spacial score (nSPS) is 34.9. The highest BCUT2D eigenvalue weighted by Crippen LogP contribution is 2.68. The number of methoxy groups -OCH3 is 1. The Morgan fingerprint density at radius 2 is 1.72 bits per heavy atom. The van der Waals surface area contributed by atoms with E-state index in [9.17, 15) is 15.8 Å². The van der Waals surface area contributed by atoms with E-state index in [1.807, 2.05) is 0 Å². The smallest absolute Gasteiger partial charge is 0.217 e. The lowest BCUT2D eigenvalue weighted by atomic mass is 9.52. The summed E-state index contributed by atoms with van der Waals surface area (Å²) in [4.78, 5) is 0. The molecule has 3 aliphatic rings. The van der Waals surface area contributed by atoms with Gasteiger partial charge in [0.1, 0.15) is 11.9 Å². The quantitative estimate of drug-likeness (QED) is 0.814. The predicted molar refractivity (Wildman–Crippen MR) is 101 cm³/mol. The van der Waals surface area contributed by atoms with Crippen LogP contribution in [-0.2, 0) is 9.47 Å². The average Bonchev–Trinajstić information content (AvgIpc) is 2.91. The second-order valence-corrected chi connectivity index (χ2v) is 7.97. The molecule has 148 valence electrons. The van der Waals surface area contributed by atoms with Crippen molar-refractivity contribution in [1.29, 1.82) is 21.2 Å². The third-order valence-corrected chi connectivity index (χ3v) is 6.73. The van der Waals surface area contributed by atoms with Crippen LogP contribution in [0.3, 0.4) is 0 Å². The Morgan fingerprint density at radius 1 is 1.03 bits per heavy atom. The molecule has 1 aromatic carbocycles. The molecule has 2 bridgehead atoms. The van der Waals surface area contributed by atoms with Crippen molar-refractivity contribution in [3.05, 3.63) is 29.8 Å². The fourth-order valence-corrected chi connectivity index (χ4v) is 5.29. The van der Waals surface area contributed by atoms with Crippen molar-refractivity contribution in [2.45, 2.75) is 50.4 Å². The lowest BCUT2D eigenvalue weighted by Gasteiger charge is -2.50. The molecule has 4 unspecified atom stereocenters. The number of benzene rings is 1. The summed E-state index contributed by atoms with van der Waals surface area (Å²) in [5, 5.41) is 39.4. The fourth-order valence-electron chi connectivity index (χ4n) is 5.29. The van der Waals surface area contributed by atoms with Gasteiger partial charge in [0.15, 0.2) is 5.41 Å². The molecule has 0 amide bonds. The summed E-state index contributed by atoms with van der Waals surface area (Å²) in [6.45, 7) is 0. The van der Waals surface area contributed by atoms with Gasteiger partial charge in [-0.2, -0.15) is 15.8 Å². The van der Waals surface area contributed by atoms with E-state index in [2.05, 4.69) is 18.2 Å². The maximum absolute atomic E-state index is 10.3. The van der Waals surface area contributed by atoms with Gasteiger partial charge in [0.25, 0.3) is 0 Å². The third kappa shape index (κ3) is 2.33. The molecule has 2 heterocycles. The number of nitrogens with zero attached hydrogens (tertiary/aromatic N) is 3. The van der Waals surface area contributed by atoms with Crippen LogP contribution in [0.1, 0.15) is 50.2 Å². The van der Waals surface area contributed by atoms with Crippen LogP contribution in [0.5, 0.6) is 5.75 Å². The van der Waals surface area contributed by atoms with Gasteiger partial charge in [-0.15, -0.1) is 0 Å². The van der Waals surface area contributed by atoms with Crippen LogP contribution in [0, 0.1) is 56.2 Å². The molecule has 4 rings (SSSR count). The molecule has 1 aromatic rings. The van der Waals surface area contributed by atoms with Crippen LogP contribution < -0.4 is 4.74 Å². The van der Waals surface area contributed by atoms with E-state index >= 15 is 0 Å². The summed E-state index contributed by atoms with van der Waals surface area (Å²) in [7, 11) is 1.55. The minimum atomic E-state index is -1.89. The fraction of sp³-hybridized carbons (Fsp3) is 0.545. The van der Waals surface area contributed by atoms with Gasteiger partial charge >= 0.3 is 0 Å². The first-order valence-electron chi connectivity index (χ1n) is 9.87. The zero-order chi connectivity index (χ0) is 20.7. The first kappa shape index (κ1) is 19.2. The molecule has 4 atom stereocenters. The Hall–Kier alpha value is -3.08. The molecule has 2 aliphatic heterocycles. The highest BCUT2D eigenvalue weighted by molar-refractivity contribution is 5.89. The molecule has 7 heteroatoms. The van der Waals surface area contributed by atoms with Crippen molar-refractivity contribution in [3.8, 4) is 24.0 Å². The van der Waals surface area contributed by atoms with Crippen molar-refractivity contribution < 1.29 is 14.2 Å². The largest absolute Gasteiger partial charge is 0.497 e. The van der Waals surface area contributed by atoms with Crippen molar-refractivity contribution in [1.82, 2.24) is 0 Å². The van der Waals surface area contributed by atoms with Gasteiger partial charge in [0.2, 0.25) is 17.1 Å². The van der Waals surface area contributed by atoms with E-state index in [1.165, 1.54) is 0 Å². The Morgan fingerprint density at radius 3 is 2.34 bits per heavy atom. The molecule has 7 nitrogen and oxygen atoms in total. The monoisotopic (exact) mass is 390 g/mol.